The summed E-state index contributed by atoms with van der Waals surface area (Å²) in [7, 11) is -2.38. The maximum atomic E-state index is 12.9. The third kappa shape index (κ3) is 3.93. The molecule has 0 spiro atoms. The molecule has 0 radical (unpaired) electrons. The van der Waals surface area contributed by atoms with Gasteiger partial charge in [-0.2, -0.15) is 8.42 Å². The summed E-state index contributed by atoms with van der Waals surface area (Å²) in [6, 6.07) is 0. The van der Waals surface area contributed by atoms with E-state index in [1.165, 1.54) is 7.05 Å². The number of nitrogens with one attached hydrogen (secondary N) is 1. The van der Waals surface area contributed by atoms with Crippen molar-refractivity contribution in [2.45, 2.75) is 31.6 Å². The molecule has 0 amide bonds. The van der Waals surface area contributed by atoms with Gasteiger partial charge in [0.15, 0.2) is 0 Å². The molecule has 0 aliphatic heterocycles. The van der Waals surface area contributed by atoms with Crippen LogP contribution >= 0.6 is 0 Å². The molecular weight excluding hydrogens is 240 g/mol. The Morgan fingerprint density at radius 1 is 1.44 bits per heavy atom. The molecule has 1 fully saturated rings. The largest absolute Gasteiger partial charge is 0.289 e. The fraction of sp³-hybridized carbons (Fsp3) is 1.00. The maximum Gasteiger partial charge on any atom is 0.289 e. The van der Waals surface area contributed by atoms with Crippen molar-refractivity contribution in [2.24, 2.45) is 11.1 Å². The number of rotatable bonds is 4. The standard InChI is InChI=1S/C8H17F2N3O2S/c1-12-13(16(11,14)15)6-7-2-4-8(9,10)5-3-7/h7,12H,2-6H2,1H3,(H2,11,14,15). The van der Waals surface area contributed by atoms with Gasteiger partial charge in [-0.1, -0.05) is 0 Å². The average molecular weight is 257 g/mol. The van der Waals surface area contributed by atoms with Crippen LogP contribution in [0.4, 0.5) is 8.78 Å². The number of nitrogens with zero attached hydrogens (tertiary/aromatic N) is 1. The number of alkyl halides is 2. The van der Waals surface area contributed by atoms with Crippen LogP contribution in [0, 0.1) is 5.92 Å². The van der Waals surface area contributed by atoms with Crippen molar-refractivity contribution >= 4 is 10.2 Å². The molecule has 5 nitrogen and oxygen atoms in total. The summed E-state index contributed by atoms with van der Waals surface area (Å²) in [5, 5.41) is 4.95. The fourth-order valence-electron chi connectivity index (χ4n) is 1.84. The minimum Gasteiger partial charge on any atom is -0.243 e. The van der Waals surface area contributed by atoms with Crippen LogP contribution in [-0.2, 0) is 10.2 Å². The molecule has 0 aromatic carbocycles. The highest BCUT2D eigenvalue weighted by atomic mass is 32.2. The molecule has 0 aromatic rings. The fourth-order valence-corrected chi connectivity index (χ4v) is 2.51. The van der Waals surface area contributed by atoms with E-state index in [2.05, 4.69) is 5.43 Å². The molecule has 1 saturated carbocycles. The lowest BCUT2D eigenvalue weighted by molar-refractivity contribution is -0.0476. The highest BCUT2D eigenvalue weighted by Gasteiger charge is 2.36. The van der Waals surface area contributed by atoms with Crippen LogP contribution in [0.25, 0.3) is 0 Å². The lowest BCUT2D eigenvalue weighted by Gasteiger charge is -2.30. The van der Waals surface area contributed by atoms with Crippen LogP contribution in [0.15, 0.2) is 0 Å². The van der Waals surface area contributed by atoms with E-state index in [-0.39, 0.29) is 25.3 Å². The molecular formula is C8H17F2N3O2S. The quantitative estimate of drug-likeness (QED) is 0.718. The van der Waals surface area contributed by atoms with Gasteiger partial charge in [0.05, 0.1) is 0 Å². The Morgan fingerprint density at radius 2 is 1.94 bits per heavy atom. The zero-order valence-corrected chi connectivity index (χ0v) is 9.93. The van der Waals surface area contributed by atoms with Gasteiger partial charge in [-0.15, -0.1) is 4.41 Å². The van der Waals surface area contributed by atoms with Crippen LogP contribution in [0.5, 0.6) is 0 Å². The van der Waals surface area contributed by atoms with E-state index in [0.717, 1.165) is 4.41 Å². The Balaban J connectivity index is 2.50. The molecule has 0 unspecified atom stereocenters. The van der Waals surface area contributed by atoms with Gasteiger partial charge < -0.3 is 0 Å². The zero-order chi connectivity index (χ0) is 12.4. The Kier molecular flexibility index (Phi) is 4.22. The Bertz CT molecular complexity index is 324. The Labute approximate surface area is 94.1 Å². The summed E-state index contributed by atoms with van der Waals surface area (Å²) in [6.07, 6.45) is 0.279. The van der Waals surface area contributed by atoms with Crippen LogP contribution in [-0.4, -0.2) is 32.3 Å². The van der Waals surface area contributed by atoms with Crippen LogP contribution in [0.3, 0.4) is 0 Å². The second-order valence-electron chi connectivity index (χ2n) is 4.10. The summed E-state index contributed by atoms with van der Waals surface area (Å²) < 4.78 is 48.7. The number of nitrogens with two attached hydrogens (primary N) is 1. The molecule has 1 aliphatic carbocycles. The second-order valence-corrected chi connectivity index (χ2v) is 5.57. The lowest BCUT2D eigenvalue weighted by Crippen LogP contribution is -2.47. The minimum absolute atomic E-state index is 0.0644. The van der Waals surface area contributed by atoms with Gasteiger partial charge in [-0.25, -0.2) is 19.3 Å². The SMILES string of the molecule is CNN(CC1CCC(F)(F)CC1)S(N)(=O)=O. The van der Waals surface area contributed by atoms with Gasteiger partial charge in [0.1, 0.15) is 0 Å². The number of halogens is 2. The number of hydrogen-bond acceptors (Lipinski definition) is 3. The first-order valence-electron chi connectivity index (χ1n) is 5.10. The molecule has 3 N–H and O–H groups in total. The molecule has 8 heteroatoms. The van der Waals surface area contributed by atoms with E-state index in [1.54, 1.807) is 0 Å². The van der Waals surface area contributed by atoms with Crippen LogP contribution in [0.2, 0.25) is 0 Å². The summed E-state index contributed by atoms with van der Waals surface area (Å²) in [4.78, 5) is 0. The average Bonchev–Trinajstić information content (AvgIpc) is 2.14. The van der Waals surface area contributed by atoms with Gasteiger partial charge in [-0.05, 0) is 25.8 Å². The first-order valence-corrected chi connectivity index (χ1v) is 6.60. The van der Waals surface area contributed by atoms with Gasteiger partial charge >= 0.3 is 0 Å². The molecule has 0 bridgehead atoms. The molecule has 0 saturated heterocycles. The smallest absolute Gasteiger partial charge is 0.243 e. The second kappa shape index (κ2) is 4.91. The third-order valence-electron chi connectivity index (χ3n) is 2.82. The molecule has 1 rings (SSSR count). The van der Waals surface area contributed by atoms with Crippen LogP contribution < -0.4 is 10.6 Å². The molecule has 96 valence electrons. The molecule has 0 atom stereocenters. The van der Waals surface area contributed by atoms with Crippen LogP contribution in [0.1, 0.15) is 25.7 Å². The lowest BCUT2D eigenvalue weighted by atomic mass is 9.87. The van der Waals surface area contributed by atoms with E-state index in [1.807, 2.05) is 0 Å². The van der Waals surface area contributed by atoms with E-state index in [4.69, 9.17) is 5.14 Å². The monoisotopic (exact) mass is 257 g/mol. The van der Waals surface area contributed by atoms with E-state index < -0.39 is 16.1 Å². The first-order chi connectivity index (χ1) is 7.24. The Morgan fingerprint density at radius 3 is 2.31 bits per heavy atom. The molecule has 16 heavy (non-hydrogen) atoms. The normalized spacial score (nSPS) is 22.6. The highest BCUT2D eigenvalue weighted by molar-refractivity contribution is 7.86. The van der Waals surface area contributed by atoms with E-state index in [9.17, 15) is 17.2 Å². The molecule has 0 heterocycles. The summed E-state index contributed by atoms with van der Waals surface area (Å²) in [5.74, 6) is -2.66. The molecule has 1 aliphatic rings. The van der Waals surface area contributed by atoms with Gasteiger partial charge in [0.2, 0.25) is 5.92 Å². The van der Waals surface area contributed by atoms with Crippen molar-refractivity contribution in [2.75, 3.05) is 13.6 Å². The van der Waals surface area contributed by atoms with Gasteiger partial charge in [-0.3, -0.25) is 0 Å². The number of hydrogen-bond donors (Lipinski definition) is 2. The van der Waals surface area contributed by atoms with E-state index >= 15 is 0 Å². The molecule has 0 aromatic heterocycles. The maximum absolute atomic E-state index is 12.9. The van der Waals surface area contributed by atoms with Gasteiger partial charge in [0, 0.05) is 19.4 Å². The van der Waals surface area contributed by atoms with Crippen molar-refractivity contribution in [3.8, 4) is 0 Å². The zero-order valence-electron chi connectivity index (χ0n) is 9.12. The van der Waals surface area contributed by atoms with Crippen molar-refractivity contribution < 1.29 is 17.2 Å². The summed E-state index contributed by atoms with van der Waals surface area (Å²) >= 11 is 0. The van der Waals surface area contributed by atoms with Crippen molar-refractivity contribution in [1.29, 1.82) is 0 Å². The summed E-state index contributed by atoms with van der Waals surface area (Å²) in [6.45, 7) is 0.144. The van der Waals surface area contributed by atoms with Crippen molar-refractivity contribution in [3.63, 3.8) is 0 Å². The third-order valence-corrected chi connectivity index (χ3v) is 3.76. The topological polar surface area (TPSA) is 75.4 Å². The van der Waals surface area contributed by atoms with Crippen molar-refractivity contribution in [3.05, 3.63) is 0 Å². The predicted molar refractivity (Wildman–Crippen MR) is 55.8 cm³/mol. The van der Waals surface area contributed by atoms with Gasteiger partial charge in [0.25, 0.3) is 10.2 Å². The first kappa shape index (κ1) is 13.8. The number of hydrazine groups is 1. The predicted octanol–water partition coefficient (Wildman–Crippen LogP) is 0.452. The van der Waals surface area contributed by atoms with E-state index in [0.29, 0.717) is 12.8 Å². The Hall–Kier alpha value is -0.310. The van der Waals surface area contributed by atoms with Crippen molar-refractivity contribution in [1.82, 2.24) is 9.84 Å². The summed E-state index contributed by atoms with van der Waals surface area (Å²) in [5.41, 5.74) is 2.44. The minimum atomic E-state index is -3.81. The highest BCUT2D eigenvalue weighted by Crippen LogP contribution is 2.36.